The van der Waals surface area contributed by atoms with Crippen molar-refractivity contribution < 1.29 is 17.2 Å². The van der Waals surface area contributed by atoms with Crippen molar-refractivity contribution in [2.75, 3.05) is 39.3 Å². The number of piperazine rings is 1. The van der Waals surface area contributed by atoms with Crippen LogP contribution in [0.4, 0.5) is 0 Å². The summed E-state index contributed by atoms with van der Waals surface area (Å²) in [5, 5.41) is 3.12. The largest absolute Gasteiger partial charge is 1.00 e. The third kappa shape index (κ3) is 6.92. The van der Waals surface area contributed by atoms with Crippen LogP contribution in [0.25, 0.3) is 0 Å². The molecule has 0 aromatic heterocycles. The Morgan fingerprint density at radius 2 is 1.80 bits per heavy atom. The Hall–Kier alpha value is -0.580. The second-order valence-electron chi connectivity index (χ2n) is 7.81. The SMILES string of the molecule is O=C(CN1CCN(C2CCCCC2)CC1)NCCC1=CCCCC1.[Cl-]. The van der Waals surface area contributed by atoms with Crippen molar-refractivity contribution in [3.05, 3.63) is 11.6 Å². The van der Waals surface area contributed by atoms with E-state index in [-0.39, 0.29) is 18.3 Å². The van der Waals surface area contributed by atoms with Gasteiger partial charge in [0.05, 0.1) is 6.54 Å². The molecule has 3 rings (SSSR count). The van der Waals surface area contributed by atoms with Gasteiger partial charge in [-0.25, -0.2) is 0 Å². The van der Waals surface area contributed by atoms with E-state index in [1.54, 1.807) is 5.57 Å². The molecule has 2 aliphatic carbocycles. The first-order chi connectivity index (χ1) is 11.8. The predicted octanol–water partition coefficient (Wildman–Crippen LogP) is -0.0526. The second-order valence-corrected chi connectivity index (χ2v) is 7.81. The number of allylic oxidation sites excluding steroid dienone is 1. The summed E-state index contributed by atoms with van der Waals surface area (Å²) in [5.74, 6) is 0.206. The summed E-state index contributed by atoms with van der Waals surface area (Å²) >= 11 is 0. The first-order valence-corrected chi connectivity index (χ1v) is 10.2. The molecule has 1 saturated carbocycles. The Morgan fingerprint density at radius 1 is 1.04 bits per heavy atom. The van der Waals surface area contributed by atoms with Gasteiger partial charge in [0.25, 0.3) is 0 Å². The van der Waals surface area contributed by atoms with Gasteiger partial charge >= 0.3 is 0 Å². The van der Waals surface area contributed by atoms with Crippen LogP contribution < -0.4 is 17.7 Å². The summed E-state index contributed by atoms with van der Waals surface area (Å²) in [6.07, 6.45) is 15.6. The Morgan fingerprint density at radius 3 is 2.48 bits per heavy atom. The lowest BCUT2D eigenvalue weighted by Crippen LogP contribution is -3.00. The monoisotopic (exact) mass is 368 g/mol. The van der Waals surface area contributed by atoms with Crippen LogP contribution in [0.2, 0.25) is 0 Å². The lowest BCUT2D eigenvalue weighted by atomic mass is 9.94. The van der Waals surface area contributed by atoms with Crippen LogP contribution in [0.1, 0.15) is 64.2 Å². The quantitative estimate of drug-likeness (QED) is 0.668. The summed E-state index contributed by atoms with van der Waals surface area (Å²) in [7, 11) is 0. The molecule has 0 unspecified atom stereocenters. The van der Waals surface area contributed by atoms with Crippen LogP contribution in [0.5, 0.6) is 0 Å². The summed E-state index contributed by atoms with van der Waals surface area (Å²) in [4.78, 5) is 17.1. The van der Waals surface area contributed by atoms with Gasteiger partial charge in [0, 0.05) is 38.8 Å². The molecular formula is C20H35ClN3O-. The van der Waals surface area contributed by atoms with Crippen LogP contribution in [-0.4, -0.2) is 61.0 Å². The molecule has 2 fully saturated rings. The fourth-order valence-corrected chi connectivity index (χ4v) is 4.49. The molecule has 1 heterocycles. The molecule has 0 aromatic carbocycles. The van der Waals surface area contributed by atoms with E-state index in [1.807, 2.05) is 0 Å². The number of amides is 1. The predicted molar refractivity (Wildman–Crippen MR) is 99.1 cm³/mol. The highest BCUT2D eigenvalue weighted by molar-refractivity contribution is 5.78. The molecule has 0 radical (unpaired) electrons. The standard InChI is InChI=1S/C20H35N3O.ClH/c24-20(21-12-11-18-7-3-1-4-8-18)17-22-13-15-23(16-14-22)19-9-5-2-6-10-19;/h7,19H,1-6,8-17H2,(H,21,24);1H/p-1. The summed E-state index contributed by atoms with van der Waals surface area (Å²) in [6.45, 7) is 5.78. The summed E-state index contributed by atoms with van der Waals surface area (Å²) in [5.41, 5.74) is 1.54. The van der Waals surface area contributed by atoms with Gasteiger partial charge in [-0.15, -0.1) is 0 Å². The molecule has 144 valence electrons. The van der Waals surface area contributed by atoms with E-state index in [0.29, 0.717) is 6.54 Å². The van der Waals surface area contributed by atoms with Crippen molar-refractivity contribution in [3.8, 4) is 0 Å². The maximum absolute atomic E-state index is 12.2. The van der Waals surface area contributed by atoms with E-state index in [9.17, 15) is 4.79 Å². The molecule has 0 bridgehead atoms. The average Bonchev–Trinajstić information content (AvgIpc) is 2.64. The minimum atomic E-state index is 0. The van der Waals surface area contributed by atoms with Gasteiger partial charge in [-0.2, -0.15) is 0 Å². The van der Waals surface area contributed by atoms with Gasteiger partial charge in [0.1, 0.15) is 0 Å². The number of halogens is 1. The van der Waals surface area contributed by atoms with Crippen LogP contribution in [0, 0.1) is 0 Å². The van der Waals surface area contributed by atoms with Crippen molar-refractivity contribution in [3.63, 3.8) is 0 Å². The topological polar surface area (TPSA) is 35.6 Å². The Balaban J connectivity index is 0.00000225. The van der Waals surface area contributed by atoms with Crippen molar-refractivity contribution in [1.82, 2.24) is 15.1 Å². The van der Waals surface area contributed by atoms with E-state index >= 15 is 0 Å². The van der Waals surface area contributed by atoms with Crippen molar-refractivity contribution >= 4 is 5.91 Å². The summed E-state index contributed by atoms with van der Waals surface area (Å²) in [6, 6.07) is 0.818. The van der Waals surface area contributed by atoms with E-state index < -0.39 is 0 Å². The van der Waals surface area contributed by atoms with Crippen LogP contribution in [0.3, 0.4) is 0 Å². The van der Waals surface area contributed by atoms with Crippen LogP contribution in [0.15, 0.2) is 11.6 Å². The lowest BCUT2D eigenvalue weighted by molar-refractivity contribution is -0.122. The third-order valence-corrected chi connectivity index (χ3v) is 6.02. The smallest absolute Gasteiger partial charge is 0.234 e. The molecule has 5 heteroatoms. The minimum Gasteiger partial charge on any atom is -1.00 e. The maximum atomic E-state index is 12.2. The summed E-state index contributed by atoms with van der Waals surface area (Å²) < 4.78 is 0. The lowest BCUT2D eigenvalue weighted by Gasteiger charge is -2.40. The van der Waals surface area contributed by atoms with E-state index in [2.05, 4.69) is 21.2 Å². The molecule has 1 saturated heterocycles. The van der Waals surface area contributed by atoms with Crippen molar-refractivity contribution in [2.45, 2.75) is 70.3 Å². The second kappa shape index (κ2) is 11.2. The van der Waals surface area contributed by atoms with E-state index in [0.717, 1.165) is 45.2 Å². The highest BCUT2D eigenvalue weighted by Gasteiger charge is 2.25. The zero-order chi connectivity index (χ0) is 16.6. The number of rotatable bonds is 6. The number of hydrogen-bond donors (Lipinski definition) is 1. The zero-order valence-corrected chi connectivity index (χ0v) is 16.4. The molecular weight excluding hydrogens is 334 g/mol. The molecule has 0 aromatic rings. The molecule has 3 aliphatic rings. The number of nitrogens with zero attached hydrogens (tertiary/aromatic N) is 2. The normalized spacial score (nSPS) is 23.6. The van der Waals surface area contributed by atoms with Gasteiger partial charge in [-0.05, 0) is 44.9 Å². The molecule has 1 aliphatic heterocycles. The van der Waals surface area contributed by atoms with Gasteiger partial charge in [0.15, 0.2) is 0 Å². The Labute approximate surface area is 159 Å². The van der Waals surface area contributed by atoms with Crippen LogP contribution >= 0.6 is 0 Å². The van der Waals surface area contributed by atoms with Crippen LogP contribution in [-0.2, 0) is 4.79 Å². The first-order valence-electron chi connectivity index (χ1n) is 10.2. The van der Waals surface area contributed by atoms with Gasteiger partial charge < -0.3 is 17.7 Å². The molecule has 1 N–H and O–H groups in total. The van der Waals surface area contributed by atoms with Gasteiger partial charge in [0.2, 0.25) is 5.91 Å². The van der Waals surface area contributed by atoms with E-state index in [4.69, 9.17) is 0 Å². The molecule has 1 amide bonds. The molecule has 0 spiro atoms. The first kappa shape index (κ1) is 20.7. The van der Waals surface area contributed by atoms with Crippen molar-refractivity contribution in [2.24, 2.45) is 0 Å². The fourth-order valence-electron chi connectivity index (χ4n) is 4.49. The highest BCUT2D eigenvalue weighted by Crippen LogP contribution is 2.23. The number of carbonyl (C=O) groups is 1. The molecule has 0 atom stereocenters. The Bertz CT molecular complexity index is 427. The zero-order valence-electron chi connectivity index (χ0n) is 15.6. The van der Waals surface area contributed by atoms with Gasteiger partial charge in [-0.3, -0.25) is 14.6 Å². The number of carbonyl (C=O) groups excluding carboxylic acids is 1. The fraction of sp³-hybridized carbons (Fsp3) is 0.850. The van der Waals surface area contributed by atoms with E-state index in [1.165, 1.54) is 57.8 Å². The molecule has 4 nitrogen and oxygen atoms in total. The average molecular weight is 369 g/mol. The minimum absolute atomic E-state index is 0. The third-order valence-electron chi connectivity index (χ3n) is 6.02. The van der Waals surface area contributed by atoms with Crippen molar-refractivity contribution in [1.29, 1.82) is 0 Å². The highest BCUT2D eigenvalue weighted by atomic mass is 35.5. The number of nitrogens with one attached hydrogen (secondary N) is 1. The molecule has 25 heavy (non-hydrogen) atoms. The maximum Gasteiger partial charge on any atom is 0.234 e. The Kier molecular flexibility index (Phi) is 9.29. The number of hydrogen-bond acceptors (Lipinski definition) is 3. The van der Waals surface area contributed by atoms with Gasteiger partial charge in [-0.1, -0.05) is 30.9 Å².